The number of hydrogen-bond acceptors (Lipinski definition) is 5. The van der Waals surface area contributed by atoms with Crippen LogP contribution < -0.4 is 15.1 Å². The van der Waals surface area contributed by atoms with Crippen LogP contribution in [0.25, 0.3) is 6.08 Å². The second-order valence-corrected chi connectivity index (χ2v) is 5.68. The van der Waals surface area contributed by atoms with Gasteiger partial charge in [0.1, 0.15) is 17.3 Å². The summed E-state index contributed by atoms with van der Waals surface area (Å²) < 4.78 is 26.7. The Hall–Kier alpha value is -3.03. The largest absolute Gasteiger partial charge is 0.361 e. The molecule has 8 heteroatoms. The second kappa shape index (κ2) is 7.69. The molecular weight excluding hydrogens is 328 g/mol. The average Bonchev–Trinajstić information content (AvgIpc) is 2.55. The van der Waals surface area contributed by atoms with Crippen molar-refractivity contribution in [1.82, 2.24) is 9.97 Å². The Kier molecular flexibility index (Phi) is 5.63. The lowest BCUT2D eigenvalue weighted by Gasteiger charge is -2.18. The smallest absolute Gasteiger partial charge is 0.248 e. The first kappa shape index (κ1) is 18.3. The SMILES string of the molecule is CN(C)c1ncc(NC(=O)/C=C/c2cc(F)ccc2F)c(N(C)C)n1. The van der Waals surface area contributed by atoms with Crippen molar-refractivity contribution in [2.24, 2.45) is 0 Å². The van der Waals surface area contributed by atoms with Gasteiger partial charge in [-0.2, -0.15) is 4.98 Å². The number of anilines is 3. The van der Waals surface area contributed by atoms with Gasteiger partial charge in [0.05, 0.1) is 6.20 Å². The number of halogens is 2. The van der Waals surface area contributed by atoms with E-state index in [-0.39, 0.29) is 5.56 Å². The Morgan fingerprint density at radius 2 is 1.88 bits per heavy atom. The van der Waals surface area contributed by atoms with Gasteiger partial charge >= 0.3 is 0 Å². The molecule has 0 unspecified atom stereocenters. The minimum atomic E-state index is -0.613. The third kappa shape index (κ3) is 4.72. The molecule has 0 aliphatic carbocycles. The highest BCUT2D eigenvalue weighted by molar-refractivity contribution is 6.03. The minimum Gasteiger partial charge on any atom is -0.361 e. The van der Waals surface area contributed by atoms with Crippen LogP contribution in [0.3, 0.4) is 0 Å². The first-order chi connectivity index (χ1) is 11.8. The molecule has 2 rings (SSSR count). The maximum absolute atomic E-state index is 13.6. The van der Waals surface area contributed by atoms with Crippen LogP contribution in [0.2, 0.25) is 0 Å². The quantitative estimate of drug-likeness (QED) is 0.842. The van der Waals surface area contributed by atoms with E-state index >= 15 is 0 Å². The van der Waals surface area contributed by atoms with Crippen LogP contribution in [0.1, 0.15) is 5.56 Å². The van der Waals surface area contributed by atoms with Crippen molar-refractivity contribution in [2.75, 3.05) is 43.3 Å². The van der Waals surface area contributed by atoms with Crippen molar-refractivity contribution >= 4 is 29.4 Å². The fraction of sp³-hybridized carbons (Fsp3) is 0.235. The van der Waals surface area contributed by atoms with E-state index in [2.05, 4.69) is 15.3 Å². The van der Waals surface area contributed by atoms with Crippen molar-refractivity contribution in [1.29, 1.82) is 0 Å². The third-order valence-corrected chi connectivity index (χ3v) is 3.21. The molecule has 2 aromatic rings. The Morgan fingerprint density at radius 3 is 2.52 bits per heavy atom. The van der Waals surface area contributed by atoms with Crippen LogP contribution in [0.4, 0.5) is 26.2 Å². The van der Waals surface area contributed by atoms with Crippen molar-refractivity contribution in [3.63, 3.8) is 0 Å². The van der Waals surface area contributed by atoms with Gasteiger partial charge in [-0.25, -0.2) is 13.8 Å². The number of benzene rings is 1. The van der Waals surface area contributed by atoms with Crippen molar-refractivity contribution in [3.05, 3.63) is 47.7 Å². The molecule has 0 aliphatic heterocycles. The maximum atomic E-state index is 13.6. The van der Waals surface area contributed by atoms with Gasteiger partial charge in [-0.1, -0.05) is 0 Å². The molecule has 1 heterocycles. The van der Waals surface area contributed by atoms with E-state index in [0.717, 1.165) is 24.3 Å². The summed E-state index contributed by atoms with van der Waals surface area (Å²) in [6.07, 6.45) is 3.82. The summed E-state index contributed by atoms with van der Waals surface area (Å²) in [4.78, 5) is 24.1. The fourth-order valence-corrected chi connectivity index (χ4v) is 1.99. The number of nitrogens with one attached hydrogen (secondary N) is 1. The molecule has 6 nitrogen and oxygen atoms in total. The second-order valence-electron chi connectivity index (χ2n) is 5.68. The summed E-state index contributed by atoms with van der Waals surface area (Å²) in [6.45, 7) is 0. The molecule has 132 valence electrons. The van der Waals surface area contributed by atoms with E-state index in [9.17, 15) is 13.6 Å². The van der Waals surface area contributed by atoms with Crippen molar-refractivity contribution in [2.45, 2.75) is 0 Å². The molecule has 0 fully saturated rings. The first-order valence-corrected chi connectivity index (χ1v) is 7.43. The zero-order valence-corrected chi connectivity index (χ0v) is 14.4. The highest BCUT2D eigenvalue weighted by Crippen LogP contribution is 2.23. The summed E-state index contributed by atoms with van der Waals surface area (Å²) in [6, 6.07) is 3.03. The van der Waals surface area contributed by atoms with Crippen molar-refractivity contribution in [3.8, 4) is 0 Å². The Labute approximate surface area is 144 Å². The highest BCUT2D eigenvalue weighted by Gasteiger charge is 2.12. The standard InChI is InChI=1S/C17H19F2N5O/c1-23(2)16-14(10-20-17(22-16)24(3)4)21-15(25)8-5-11-9-12(18)6-7-13(11)19/h5-10H,1-4H3,(H,21,25)/b8-5+. The highest BCUT2D eigenvalue weighted by atomic mass is 19.1. The van der Waals surface area contributed by atoms with Crippen LogP contribution in [-0.4, -0.2) is 44.1 Å². The number of nitrogens with zero attached hydrogens (tertiary/aromatic N) is 4. The van der Waals surface area contributed by atoms with E-state index in [0.29, 0.717) is 17.5 Å². The molecule has 1 aromatic heterocycles. The van der Waals surface area contributed by atoms with Crippen LogP contribution in [-0.2, 0) is 4.79 Å². The van der Waals surface area contributed by atoms with Gasteiger partial charge < -0.3 is 15.1 Å². The number of hydrogen-bond donors (Lipinski definition) is 1. The fourth-order valence-electron chi connectivity index (χ4n) is 1.99. The number of rotatable bonds is 5. The van der Waals surface area contributed by atoms with Gasteiger partial charge in [0, 0.05) is 39.8 Å². The molecule has 0 atom stereocenters. The summed E-state index contributed by atoms with van der Waals surface area (Å²) >= 11 is 0. The monoisotopic (exact) mass is 347 g/mol. The molecule has 0 spiro atoms. The van der Waals surface area contributed by atoms with Gasteiger partial charge in [-0.05, 0) is 24.3 Å². The maximum Gasteiger partial charge on any atom is 0.248 e. The lowest BCUT2D eigenvalue weighted by Crippen LogP contribution is -2.20. The predicted molar refractivity (Wildman–Crippen MR) is 94.7 cm³/mol. The number of amides is 1. The summed E-state index contributed by atoms with van der Waals surface area (Å²) in [7, 11) is 7.19. The van der Waals surface area contributed by atoms with Crippen LogP contribution >= 0.6 is 0 Å². The van der Waals surface area contributed by atoms with Crippen molar-refractivity contribution < 1.29 is 13.6 Å². The van der Waals surface area contributed by atoms with E-state index in [1.807, 2.05) is 14.1 Å². The van der Waals surface area contributed by atoms with E-state index in [4.69, 9.17) is 0 Å². The molecule has 0 saturated heterocycles. The molecule has 0 bridgehead atoms. The summed E-state index contributed by atoms with van der Waals surface area (Å²) in [5.74, 6) is -0.674. The van der Waals surface area contributed by atoms with E-state index < -0.39 is 17.5 Å². The molecule has 1 amide bonds. The molecule has 0 radical (unpaired) electrons. The first-order valence-electron chi connectivity index (χ1n) is 7.43. The molecule has 0 saturated carbocycles. The number of aromatic nitrogens is 2. The zero-order chi connectivity index (χ0) is 18.6. The van der Waals surface area contributed by atoms with E-state index in [1.165, 1.54) is 12.3 Å². The predicted octanol–water partition coefficient (Wildman–Crippen LogP) is 2.54. The summed E-state index contributed by atoms with van der Waals surface area (Å²) in [5.41, 5.74) is 0.396. The molecule has 1 N–H and O–H groups in total. The lowest BCUT2D eigenvalue weighted by atomic mass is 10.2. The normalized spacial score (nSPS) is 10.8. The van der Waals surface area contributed by atoms with Crippen LogP contribution in [0.15, 0.2) is 30.5 Å². The Morgan fingerprint density at radius 1 is 1.16 bits per heavy atom. The number of carbonyl (C=O) groups excluding carboxylic acids is 1. The molecule has 0 aliphatic rings. The van der Waals surface area contributed by atoms with Gasteiger partial charge in [0.2, 0.25) is 11.9 Å². The zero-order valence-electron chi connectivity index (χ0n) is 14.4. The summed E-state index contributed by atoms with van der Waals surface area (Å²) in [5, 5.41) is 2.64. The topological polar surface area (TPSA) is 61.4 Å². The van der Waals surface area contributed by atoms with Crippen LogP contribution in [0, 0.1) is 11.6 Å². The van der Waals surface area contributed by atoms with Gasteiger partial charge in [-0.3, -0.25) is 4.79 Å². The lowest BCUT2D eigenvalue weighted by molar-refractivity contribution is -0.111. The molecule has 1 aromatic carbocycles. The minimum absolute atomic E-state index is 0.0119. The van der Waals surface area contributed by atoms with Gasteiger partial charge in [0.25, 0.3) is 0 Å². The Bertz CT molecular complexity index is 806. The molecular formula is C17H19F2N5O. The number of carbonyl (C=O) groups is 1. The van der Waals surface area contributed by atoms with Gasteiger partial charge in [0.15, 0.2) is 5.82 Å². The van der Waals surface area contributed by atoms with Gasteiger partial charge in [-0.15, -0.1) is 0 Å². The molecule has 25 heavy (non-hydrogen) atoms. The van der Waals surface area contributed by atoms with Crippen LogP contribution in [0.5, 0.6) is 0 Å². The van der Waals surface area contributed by atoms with E-state index in [1.54, 1.807) is 23.9 Å². The third-order valence-electron chi connectivity index (χ3n) is 3.21. The average molecular weight is 347 g/mol. The Balaban J connectivity index is 2.20.